The van der Waals surface area contributed by atoms with Crippen molar-refractivity contribution in [2.24, 2.45) is 0 Å². The lowest BCUT2D eigenvalue weighted by atomic mass is 10.1. The number of thiazole rings is 1. The molecule has 0 spiro atoms. The summed E-state index contributed by atoms with van der Waals surface area (Å²) in [4.78, 5) is 20.4. The number of aromatic nitrogens is 1. The van der Waals surface area contributed by atoms with E-state index in [1.165, 1.54) is 15.6 Å². The van der Waals surface area contributed by atoms with Crippen molar-refractivity contribution in [1.29, 1.82) is 0 Å². The molecule has 0 radical (unpaired) electrons. The molecule has 0 aliphatic carbocycles. The first kappa shape index (κ1) is 20.0. The van der Waals surface area contributed by atoms with Crippen LogP contribution in [-0.2, 0) is 14.8 Å². The molecular weight excluding hydrogens is 408 g/mol. The fourth-order valence-corrected chi connectivity index (χ4v) is 5.47. The fraction of sp³-hybridized carbons (Fsp3) is 0.300. The number of likely N-dealkylation sites (N-methyl/N-ethyl adjacent to an activating group) is 1. The summed E-state index contributed by atoms with van der Waals surface area (Å²) < 4.78 is 27.6. The standard InChI is InChI=1S/C20H22N4O3S2/c1-22(20-21-8-13-28-20)19(25)15-23-9-11-24(12-10-23)29(26,27)18-7-6-16-4-2-3-5-17(16)14-18/h2-8,13-14H,9-12,15H2,1H3. The van der Waals surface area contributed by atoms with E-state index < -0.39 is 10.0 Å². The van der Waals surface area contributed by atoms with Crippen molar-refractivity contribution in [2.75, 3.05) is 44.7 Å². The number of carbonyl (C=O) groups is 1. The number of nitrogens with zero attached hydrogens (tertiary/aromatic N) is 4. The summed E-state index contributed by atoms with van der Waals surface area (Å²) in [5.41, 5.74) is 0. The monoisotopic (exact) mass is 430 g/mol. The molecule has 152 valence electrons. The van der Waals surface area contributed by atoms with E-state index in [-0.39, 0.29) is 12.5 Å². The molecule has 2 heterocycles. The van der Waals surface area contributed by atoms with Crippen molar-refractivity contribution in [3.05, 3.63) is 54.0 Å². The maximum Gasteiger partial charge on any atom is 0.243 e. The fourth-order valence-electron chi connectivity index (χ4n) is 3.39. The first-order valence-electron chi connectivity index (χ1n) is 9.32. The Kier molecular flexibility index (Phi) is 5.64. The van der Waals surface area contributed by atoms with Gasteiger partial charge in [-0.2, -0.15) is 4.31 Å². The van der Waals surface area contributed by atoms with E-state index in [4.69, 9.17) is 0 Å². The van der Waals surface area contributed by atoms with E-state index in [0.29, 0.717) is 36.2 Å². The third-order valence-electron chi connectivity index (χ3n) is 5.13. The Morgan fingerprint density at radius 1 is 1.10 bits per heavy atom. The lowest BCUT2D eigenvalue weighted by Crippen LogP contribution is -2.51. The topological polar surface area (TPSA) is 73.8 Å². The van der Waals surface area contributed by atoms with Gasteiger partial charge in [-0.3, -0.25) is 14.6 Å². The van der Waals surface area contributed by atoms with Crippen LogP contribution >= 0.6 is 11.3 Å². The zero-order chi connectivity index (χ0) is 20.4. The highest BCUT2D eigenvalue weighted by Gasteiger charge is 2.29. The number of carbonyl (C=O) groups excluding carboxylic acids is 1. The molecule has 0 bridgehead atoms. The van der Waals surface area contributed by atoms with Crippen LogP contribution in [0.1, 0.15) is 0 Å². The molecule has 3 aromatic rings. The predicted molar refractivity (Wildman–Crippen MR) is 115 cm³/mol. The van der Waals surface area contributed by atoms with E-state index >= 15 is 0 Å². The van der Waals surface area contributed by atoms with E-state index in [1.807, 2.05) is 40.6 Å². The molecule has 29 heavy (non-hydrogen) atoms. The summed E-state index contributed by atoms with van der Waals surface area (Å²) >= 11 is 1.41. The number of hydrogen-bond donors (Lipinski definition) is 0. The van der Waals surface area contributed by atoms with Gasteiger partial charge < -0.3 is 0 Å². The van der Waals surface area contributed by atoms with Gasteiger partial charge in [0.25, 0.3) is 0 Å². The largest absolute Gasteiger partial charge is 0.292 e. The summed E-state index contributed by atoms with van der Waals surface area (Å²) in [7, 11) is -1.84. The Bertz CT molecular complexity index is 1110. The number of rotatable bonds is 5. The van der Waals surface area contributed by atoms with Crippen LogP contribution < -0.4 is 4.90 Å². The third kappa shape index (κ3) is 4.18. The Morgan fingerprint density at radius 3 is 2.52 bits per heavy atom. The molecule has 4 rings (SSSR count). The lowest BCUT2D eigenvalue weighted by molar-refractivity contribution is -0.119. The highest BCUT2D eigenvalue weighted by Crippen LogP contribution is 2.23. The molecule has 0 saturated carbocycles. The summed E-state index contributed by atoms with van der Waals surface area (Å²) in [5, 5.41) is 4.41. The minimum atomic E-state index is -3.55. The molecule has 1 fully saturated rings. The number of anilines is 1. The van der Waals surface area contributed by atoms with E-state index in [2.05, 4.69) is 4.98 Å². The van der Waals surface area contributed by atoms with Crippen molar-refractivity contribution in [2.45, 2.75) is 4.90 Å². The molecule has 1 amide bonds. The van der Waals surface area contributed by atoms with Crippen LogP contribution in [0, 0.1) is 0 Å². The average molecular weight is 431 g/mol. The first-order valence-corrected chi connectivity index (χ1v) is 11.6. The molecule has 0 N–H and O–H groups in total. The summed E-state index contributed by atoms with van der Waals surface area (Å²) in [6.07, 6.45) is 1.67. The minimum absolute atomic E-state index is 0.0502. The number of hydrogen-bond acceptors (Lipinski definition) is 6. The maximum absolute atomic E-state index is 13.0. The van der Waals surface area contributed by atoms with Crippen LogP contribution in [0.4, 0.5) is 5.13 Å². The van der Waals surface area contributed by atoms with Gasteiger partial charge in [-0.05, 0) is 22.9 Å². The highest BCUT2D eigenvalue weighted by atomic mass is 32.2. The second-order valence-electron chi connectivity index (χ2n) is 6.96. The van der Waals surface area contributed by atoms with Crippen LogP contribution in [-0.4, -0.2) is 68.3 Å². The van der Waals surface area contributed by atoms with Gasteiger partial charge in [0.05, 0.1) is 11.4 Å². The smallest absolute Gasteiger partial charge is 0.243 e. The van der Waals surface area contributed by atoms with Crippen molar-refractivity contribution in [3.8, 4) is 0 Å². The van der Waals surface area contributed by atoms with Crippen LogP contribution in [0.2, 0.25) is 0 Å². The van der Waals surface area contributed by atoms with E-state index in [0.717, 1.165) is 10.8 Å². The number of sulfonamides is 1. The van der Waals surface area contributed by atoms with Gasteiger partial charge >= 0.3 is 0 Å². The number of amides is 1. The van der Waals surface area contributed by atoms with Crippen LogP contribution in [0.25, 0.3) is 10.8 Å². The third-order valence-corrected chi connectivity index (χ3v) is 7.87. The molecule has 2 aromatic carbocycles. The molecular formula is C20H22N4O3S2. The summed E-state index contributed by atoms with van der Waals surface area (Å²) in [6, 6.07) is 12.9. The summed E-state index contributed by atoms with van der Waals surface area (Å²) in [6.45, 7) is 2.02. The number of fused-ring (bicyclic) bond motifs is 1. The van der Waals surface area contributed by atoms with Gasteiger partial charge in [0.2, 0.25) is 15.9 Å². The summed E-state index contributed by atoms with van der Waals surface area (Å²) in [5.74, 6) is -0.0502. The maximum atomic E-state index is 13.0. The van der Waals surface area contributed by atoms with Crippen LogP contribution in [0.15, 0.2) is 58.9 Å². The Labute approximate surface area is 174 Å². The second kappa shape index (κ2) is 8.19. The van der Waals surface area contributed by atoms with Gasteiger partial charge in [-0.15, -0.1) is 11.3 Å². The second-order valence-corrected chi connectivity index (χ2v) is 9.77. The van der Waals surface area contributed by atoms with Gasteiger partial charge in [0.1, 0.15) is 0 Å². The molecule has 0 unspecified atom stereocenters. The van der Waals surface area contributed by atoms with Gasteiger partial charge in [-0.1, -0.05) is 30.3 Å². The SMILES string of the molecule is CN(C(=O)CN1CCN(S(=O)(=O)c2ccc3ccccc3c2)CC1)c1nccs1. The quantitative estimate of drug-likeness (QED) is 0.621. The molecule has 7 nitrogen and oxygen atoms in total. The molecule has 1 saturated heterocycles. The van der Waals surface area contributed by atoms with Crippen molar-refractivity contribution < 1.29 is 13.2 Å². The molecule has 9 heteroatoms. The Morgan fingerprint density at radius 2 is 1.83 bits per heavy atom. The van der Waals surface area contributed by atoms with Crippen molar-refractivity contribution in [3.63, 3.8) is 0 Å². The van der Waals surface area contributed by atoms with Gasteiger partial charge in [-0.25, -0.2) is 13.4 Å². The zero-order valence-electron chi connectivity index (χ0n) is 16.1. The number of piperazine rings is 1. The highest BCUT2D eigenvalue weighted by molar-refractivity contribution is 7.89. The predicted octanol–water partition coefficient (Wildman–Crippen LogP) is 2.27. The normalized spacial score (nSPS) is 16.2. The van der Waals surface area contributed by atoms with Crippen LogP contribution in [0.5, 0.6) is 0 Å². The lowest BCUT2D eigenvalue weighted by Gasteiger charge is -2.34. The van der Waals surface area contributed by atoms with Crippen molar-refractivity contribution in [1.82, 2.24) is 14.2 Å². The van der Waals surface area contributed by atoms with Crippen LogP contribution in [0.3, 0.4) is 0 Å². The van der Waals surface area contributed by atoms with E-state index in [1.54, 1.807) is 30.3 Å². The minimum Gasteiger partial charge on any atom is -0.292 e. The van der Waals surface area contributed by atoms with Gasteiger partial charge in [0.15, 0.2) is 5.13 Å². The average Bonchev–Trinajstić information content (AvgIpc) is 3.28. The first-order chi connectivity index (χ1) is 13.9. The molecule has 1 aromatic heterocycles. The molecule has 0 atom stereocenters. The van der Waals surface area contributed by atoms with Gasteiger partial charge in [0, 0.05) is 44.8 Å². The molecule has 1 aliphatic rings. The number of benzene rings is 2. The Hall–Kier alpha value is -2.33. The Balaban J connectivity index is 1.40. The zero-order valence-corrected chi connectivity index (χ0v) is 17.7. The van der Waals surface area contributed by atoms with Crippen molar-refractivity contribution >= 4 is 43.2 Å². The molecule has 1 aliphatic heterocycles. The van der Waals surface area contributed by atoms with E-state index in [9.17, 15) is 13.2 Å².